The number of methoxy groups -OCH3 is 2. The lowest BCUT2D eigenvalue weighted by Crippen LogP contribution is -2.34. The maximum atomic E-state index is 12.4. The molecule has 0 saturated heterocycles. The van der Waals surface area contributed by atoms with Crippen LogP contribution in [0.25, 0.3) is 21.5 Å². The fourth-order valence-corrected chi connectivity index (χ4v) is 5.45. The molecule has 0 aliphatic carbocycles. The summed E-state index contributed by atoms with van der Waals surface area (Å²) in [6.45, 7) is 0. The maximum absolute atomic E-state index is 12.4. The minimum Gasteiger partial charge on any atom is -0.507 e. The van der Waals surface area contributed by atoms with Gasteiger partial charge in [-0.2, -0.15) is 64.8 Å². The Balaban J connectivity index is 0.000000279. The predicted octanol–water partition coefficient (Wildman–Crippen LogP) is 5.89. The minimum atomic E-state index is -6.85. The van der Waals surface area contributed by atoms with Gasteiger partial charge in [0.1, 0.15) is 16.9 Å². The number of carbonyl (C=O) groups is 2. The standard InChI is InChI=1S/C13H9F3O5S.C12H10O3.C2F6O5S2/c1-20-12(17)10-6-8-4-2-3-5-9(8)7-11(10)21-22(18,19)13(14,15)16;1-15-12(14)10-6-8-4-2-3-5-9(8)7-11(10)13;3-1(4,5)14(9,10)13-15(11,12)2(6,7)8/h2-7H,1H3;2-7,13H,1H3;. The lowest BCUT2D eigenvalue weighted by molar-refractivity contribution is -0.0586. The molecule has 52 heavy (non-hydrogen) atoms. The van der Waals surface area contributed by atoms with Crippen LogP contribution in [0.2, 0.25) is 0 Å². The first-order valence-corrected chi connectivity index (χ1v) is 17.1. The zero-order valence-corrected chi connectivity index (χ0v) is 27.9. The third-order valence-electron chi connectivity index (χ3n) is 5.75. The van der Waals surface area contributed by atoms with Crippen LogP contribution in [0.15, 0.2) is 72.8 Å². The van der Waals surface area contributed by atoms with E-state index < -0.39 is 70.1 Å². The van der Waals surface area contributed by atoms with E-state index in [1.807, 2.05) is 27.9 Å². The summed E-state index contributed by atoms with van der Waals surface area (Å²) in [6.07, 6.45) is 0. The number of alkyl halides is 9. The molecule has 0 aliphatic rings. The Hall–Kier alpha value is -4.88. The van der Waals surface area contributed by atoms with Crippen LogP contribution in [-0.2, 0) is 43.5 Å². The van der Waals surface area contributed by atoms with Crippen molar-refractivity contribution in [3.05, 3.63) is 83.9 Å². The first kappa shape index (κ1) is 43.3. The summed E-state index contributed by atoms with van der Waals surface area (Å²) < 4.78 is 183. The van der Waals surface area contributed by atoms with Crippen LogP contribution >= 0.6 is 0 Å². The van der Waals surface area contributed by atoms with Gasteiger partial charge in [-0.05, 0) is 45.8 Å². The predicted molar refractivity (Wildman–Crippen MR) is 159 cm³/mol. The number of phenolic OH excluding ortho intramolecular Hbond substituents is 1. The monoisotopic (exact) mass is 818 g/mol. The molecule has 0 atom stereocenters. The zero-order valence-electron chi connectivity index (χ0n) is 25.4. The van der Waals surface area contributed by atoms with E-state index in [2.05, 4.69) is 13.7 Å². The molecule has 4 aromatic rings. The van der Waals surface area contributed by atoms with Gasteiger partial charge in [-0.1, -0.05) is 48.5 Å². The third kappa shape index (κ3) is 10.6. The van der Waals surface area contributed by atoms with Gasteiger partial charge in [0, 0.05) is 0 Å². The lowest BCUT2D eigenvalue weighted by Gasteiger charge is -2.13. The maximum Gasteiger partial charge on any atom is 0.534 e. The molecule has 0 spiro atoms. The van der Waals surface area contributed by atoms with Gasteiger partial charge in [0.05, 0.1) is 14.2 Å². The van der Waals surface area contributed by atoms with E-state index in [4.69, 9.17) is 0 Å². The Bertz CT molecular complexity index is 2240. The molecule has 25 heteroatoms. The molecule has 0 saturated carbocycles. The Kier molecular flexibility index (Phi) is 13.1. The molecular formula is C27H19F9O13S3. The van der Waals surface area contributed by atoms with E-state index in [-0.39, 0.29) is 11.3 Å². The largest absolute Gasteiger partial charge is 0.534 e. The summed E-state index contributed by atoms with van der Waals surface area (Å²) >= 11 is 0. The van der Waals surface area contributed by atoms with Crippen molar-refractivity contribution in [2.45, 2.75) is 16.5 Å². The Morgan fingerprint density at radius 3 is 1.23 bits per heavy atom. The van der Waals surface area contributed by atoms with Crippen molar-refractivity contribution < 1.29 is 96.7 Å². The molecule has 286 valence electrons. The minimum absolute atomic E-state index is 0.0550. The molecule has 4 rings (SSSR count). The number of carbonyl (C=O) groups excluding carboxylic acids is 2. The van der Waals surface area contributed by atoms with Gasteiger partial charge in [0.2, 0.25) is 0 Å². The van der Waals surface area contributed by atoms with Gasteiger partial charge >= 0.3 is 58.8 Å². The van der Waals surface area contributed by atoms with E-state index in [1.165, 1.54) is 19.2 Å². The number of fused-ring (bicyclic) bond motifs is 2. The molecule has 0 bridgehead atoms. The zero-order chi connectivity index (χ0) is 40.1. The number of hydrogen-bond acceptors (Lipinski definition) is 13. The van der Waals surface area contributed by atoms with Crippen molar-refractivity contribution in [2.75, 3.05) is 14.2 Å². The second-order valence-electron chi connectivity index (χ2n) is 9.25. The SMILES string of the molecule is COC(=O)c1cc2ccccc2cc1O.COC(=O)c1cc2ccccc2cc1OS(=O)(=O)C(F)(F)F.O=S(=O)(OS(=O)(=O)C(F)(F)F)C(F)(F)F. The van der Waals surface area contributed by atoms with E-state index >= 15 is 0 Å². The van der Waals surface area contributed by atoms with E-state index in [0.717, 1.165) is 23.9 Å². The van der Waals surface area contributed by atoms with E-state index in [0.29, 0.717) is 10.8 Å². The molecule has 0 heterocycles. The molecular weight excluding hydrogens is 799 g/mol. The number of hydrogen-bond donors (Lipinski definition) is 1. The van der Waals surface area contributed by atoms with Crippen LogP contribution < -0.4 is 4.18 Å². The van der Waals surface area contributed by atoms with Gasteiger partial charge in [0.25, 0.3) is 0 Å². The summed E-state index contributed by atoms with van der Waals surface area (Å²) in [6, 6.07) is 19.3. The molecule has 0 radical (unpaired) electrons. The normalized spacial score (nSPS) is 12.5. The third-order valence-corrected chi connectivity index (χ3v) is 9.28. The van der Waals surface area contributed by atoms with Crippen molar-refractivity contribution in [3.63, 3.8) is 0 Å². The first-order chi connectivity index (χ1) is 23.6. The Morgan fingerprint density at radius 2 is 0.865 bits per heavy atom. The summed E-state index contributed by atoms with van der Waals surface area (Å²) in [5.74, 6) is -2.35. The van der Waals surface area contributed by atoms with Crippen LogP contribution in [0.5, 0.6) is 11.5 Å². The summed E-state index contributed by atoms with van der Waals surface area (Å²) in [4.78, 5) is 22.9. The lowest BCUT2D eigenvalue weighted by atomic mass is 10.1. The highest BCUT2D eigenvalue weighted by Crippen LogP contribution is 2.33. The Labute approximate surface area is 286 Å². The topological polar surface area (TPSA) is 194 Å². The highest BCUT2D eigenvalue weighted by atomic mass is 32.3. The number of phenols is 1. The molecule has 0 aromatic heterocycles. The number of aromatic hydroxyl groups is 1. The number of halogens is 9. The smallest absolute Gasteiger partial charge is 0.507 e. The van der Waals surface area contributed by atoms with Crippen molar-refractivity contribution in [2.24, 2.45) is 0 Å². The average molecular weight is 819 g/mol. The summed E-state index contributed by atoms with van der Waals surface area (Å²) in [5, 5.41) is 12.3. The fraction of sp³-hybridized carbons (Fsp3) is 0.185. The van der Waals surface area contributed by atoms with Crippen molar-refractivity contribution in [1.82, 2.24) is 0 Å². The molecule has 0 unspecified atom stereocenters. The highest BCUT2D eigenvalue weighted by Gasteiger charge is 2.57. The number of esters is 2. The first-order valence-electron chi connectivity index (χ1n) is 12.8. The fourth-order valence-electron chi connectivity index (χ4n) is 3.42. The quantitative estimate of drug-likeness (QED) is 0.105. The van der Waals surface area contributed by atoms with Gasteiger partial charge in [-0.15, -0.1) is 3.63 Å². The van der Waals surface area contributed by atoms with Crippen LogP contribution in [0.1, 0.15) is 20.7 Å². The van der Waals surface area contributed by atoms with E-state index in [9.17, 15) is 79.5 Å². The molecule has 1 N–H and O–H groups in total. The molecule has 13 nitrogen and oxygen atoms in total. The van der Waals surface area contributed by atoms with Gasteiger partial charge in [-0.3, -0.25) is 0 Å². The average Bonchev–Trinajstić information content (AvgIpc) is 3.01. The Morgan fingerprint density at radius 1 is 0.538 bits per heavy atom. The molecule has 0 fully saturated rings. The van der Waals surface area contributed by atoms with Gasteiger partial charge in [-0.25, -0.2) is 9.59 Å². The highest BCUT2D eigenvalue weighted by molar-refractivity contribution is 8.00. The van der Waals surface area contributed by atoms with Crippen molar-refractivity contribution >= 4 is 63.8 Å². The van der Waals surface area contributed by atoms with Crippen molar-refractivity contribution in [3.8, 4) is 11.5 Å². The van der Waals surface area contributed by atoms with E-state index in [1.54, 1.807) is 30.3 Å². The number of ether oxygens (including phenoxy) is 2. The number of rotatable bonds is 6. The molecule has 0 aliphatic heterocycles. The number of benzene rings is 4. The van der Waals surface area contributed by atoms with Gasteiger partial charge < -0.3 is 18.8 Å². The van der Waals surface area contributed by atoms with Crippen LogP contribution in [0.3, 0.4) is 0 Å². The van der Waals surface area contributed by atoms with Crippen LogP contribution in [-0.4, -0.2) is 73.0 Å². The summed E-state index contributed by atoms with van der Waals surface area (Å²) in [7, 11) is -17.3. The molecule has 4 aromatic carbocycles. The summed E-state index contributed by atoms with van der Waals surface area (Å²) in [5.41, 5.74) is -18.4. The van der Waals surface area contributed by atoms with Gasteiger partial charge in [0.15, 0.2) is 5.75 Å². The van der Waals surface area contributed by atoms with Crippen LogP contribution in [0.4, 0.5) is 39.5 Å². The van der Waals surface area contributed by atoms with Crippen LogP contribution in [0, 0.1) is 0 Å². The second kappa shape index (κ2) is 15.8. The second-order valence-corrected chi connectivity index (χ2v) is 14.1. The van der Waals surface area contributed by atoms with Crippen molar-refractivity contribution in [1.29, 1.82) is 0 Å². The molecule has 0 amide bonds.